The van der Waals surface area contributed by atoms with Gasteiger partial charge in [-0.2, -0.15) is 13.2 Å². The van der Waals surface area contributed by atoms with Gasteiger partial charge >= 0.3 is 6.18 Å². The molecule has 0 aromatic carbocycles. The Balaban J connectivity index is 3.01. The van der Waals surface area contributed by atoms with Crippen LogP contribution in [-0.4, -0.2) is 6.18 Å². The first-order valence-electron chi connectivity index (χ1n) is 4.19. The molecule has 1 unspecified atom stereocenters. The fourth-order valence-corrected chi connectivity index (χ4v) is 1.37. The minimum atomic E-state index is -4.15. The predicted molar refractivity (Wildman–Crippen MR) is 46.3 cm³/mol. The third-order valence-corrected chi connectivity index (χ3v) is 2.64. The van der Waals surface area contributed by atoms with Crippen molar-refractivity contribution in [3.63, 3.8) is 0 Å². The lowest BCUT2D eigenvalue weighted by Crippen LogP contribution is -2.34. The molecule has 0 aliphatic heterocycles. The molecule has 3 heteroatoms. The Hall–Kier alpha value is -0.730. The lowest BCUT2D eigenvalue weighted by Gasteiger charge is -2.31. The first-order chi connectivity index (χ1) is 5.76. The fourth-order valence-electron chi connectivity index (χ4n) is 1.37. The zero-order valence-electron chi connectivity index (χ0n) is 8.00. The zero-order chi connectivity index (χ0) is 10.3. The molecule has 74 valence electrons. The number of hydrogen-bond donors (Lipinski definition) is 0. The zero-order valence-corrected chi connectivity index (χ0v) is 8.00. The summed E-state index contributed by atoms with van der Waals surface area (Å²) in [6, 6.07) is 0. The van der Waals surface area contributed by atoms with Crippen LogP contribution in [0.15, 0.2) is 23.3 Å². The summed E-state index contributed by atoms with van der Waals surface area (Å²) in [4.78, 5) is 0. The van der Waals surface area contributed by atoms with Gasteiger partial charge in [0, 0.05) is 0 Å². The molecule has 13 heavy (non-hydrogen) atoms. The topological polar surface area (TPSA) is 0 Å². The van der Waals surface area contributed by atoms with E-state index in [1.807, 2.05) is 6.92 Å². The Morgan fingerprint density at radius 1 is 1.23 bits per heavy atom. The first kappa shape index (κ1) is 10.4. The molecule has 0 N–H and O–H groups in total. The van der Waals surface area contributed by atoms with Crippen molar-refractivity contribution in [1.29, 1.82) is 0 Å². The average molecular weight is 190 g/mol. The monoisotopic (exact) mass is 190 g/mol. The molecular formula is C10H13F3. The van der Waals surface area contributed by atoms with Crippen LogP contribution in [0.5, 0.6) is 0 Å². The summed E-state index contributed by atoms with van der Waals surface area (Å²) in [5.41, 5.74) is 0.00384. The van der Waals surface area contributed by atoms with E-state index in [9.17, 15) is 13.2 Å². The lowest BCUT2D eigenvalue weighted by molar-refractivity contribution is -0.199. The smallest absolute Gasteiger partial charge is 0.170 e. The molecule has 1 rings (SSSR count). The van der Waals surface area contributed by atoms with Gasteiger partial charge < -0.3 is 0 Å². The van der Waals surface area contributed by atoms with Crippen molar-refractivity contribution in [3.8, 4) is 0 Å². The van der Waals surface area contributed by atoms with E-state index in [4.69, 9.17) is 0 Å². The molecule has 1 aliphatic carbocycles. The SMILES string of the molecule is CC1=CCC(C)(C(F)(F)F)C=C1C. The van der Waals surface area contributed by atoms with Gasteiger partial charge in [0.1, 0.15) is 0 Å². The Morgan fingerprint density at radius 3 is 2.15 bits per heavy atom. The van der Waals surface area contributed by atoms with Gasteiger partial charge in [-0.05, 0) is 27.2 Å². The maximum Gasteiger partial charge on any atom is 0.397 e. The fraction of sp³-hybridized carbons (Fsp3) is 0.600. The van der Waals surface area contributed by atoms with Crippen molar-refractivity contribution < 1.29 is 13.2 Å². The molecule has 0 spiro atoms. The number of alkyl halides is 3. The van der Waals surface area contributed by atoms with Crippen molar-refractivity contribution in [2.45, 2.75) is 33.4 Å². The van der Waals surface area contributed by atoms with Gasteiger partial charge in [-0.15, -0.1) is 0 Å². The summed E-state index contributed by atoms with van der Waals surface area (Å²) in [6.45, 7) is 4.79. The summed E-state index contributed by atoms with van der Waals surface area (Å²) in [5.74, 6) is 0. The second-order valence-electron chi connectivity index (χ2n) is 3.83. The third kappa shape index (κ3) is 1.79. The van der Waals surface area contributed by atoms with E-state index in [-0.39, 0.29) is 6.42 Å². The maximum absolute atomic E-state index is 12.6. The van der Waals surface area contributed by atoms with Gasteiger partial charge in [0.15, 0.2) is 0 Å². The van der Waals surface area contributed by atoms with Crippen LogP contribution in [0, 0.1) is 5.41 Å². The van der Waals surface area contributed by atoms with E-state index >= 15 is 0 Å². The normalized spacial score (nSPS) is 29.7. The molecule has 0 amide bonds. The minimum Gasteiger partial charge on any atom is -0.170 e. The maximum atomic E-state index is 12.6. The van der Waals surface area contributed by atoms with Crippen LogP contribution in [-0.2, 0) is 0 Å². The molecule has 0 nitrogen and oxygen atoms in total. The van der Waals surface area contributed by atoms with Gasteiger partial charge in [-0.1, -0.05) is 23.3 Å². The second-order valence-corrected chi connectivity index (χ2v) is 3.83. The molecular weight excluding hydrogens is 177 g/mol. The van der Waals surface area contributed by atoms with Crippen LogP contribution in [0.4, 0.5) is 13.2 Å². The van der Waals surface area contributed by atoms with Crippen LogP contribution >= 0.6 is 0 Å². The third-order valence-electron chi connectivity index (χ3n) is 2.64. The molecule has 0 saturated heterocycles. The first-order valence-corrected chi connectivity index (χ1v) is 4.19. The van der Waals surface area contributed by atoms with E-state index < -0.39 is 11.6 Å². The van der Waals surface area contributed by atoms with Crippen LogP contribution in [0.1, 0.15) is 27.2 Å². The van der Waals surface area contributed by atoms with Crippen LogP contribution in [0.25, 0.3) is 0 Å². The predicted octanol–water partition coefficient (Wildman–Crippen LogP) is 3.85. The Morgan fingerprint density at radius 2 is 1.77 bits per heavy atom. The largest absolute Gasteiger partial charge is 0.397 e. The van der Waals surface area contributed by atoms with Crippen LogP contribution < -0.4 is 0 Å². The molecule has 0 heterocycles. The van der Waals surface area contributed by atoms with Crippen LogP contribution in [0.3, 0.4) is 0 Å². The highest BCUT2D eigenvalue weighted by Crippen LogP contribution is 2.45. The van der Waals surface area contributed by atoms with Crippen molar-refractivity contribution in [2.24, 2.45) is 5.41 Å². The summed E-state index contributed by atoms with van der Waals surface area (Å²) in [5, 5.41) is 0. The highest BCUT2D eigenvalue weighted by molar-refractivity contribution is 5.33. The number of hydrogen-bond acceptors (Lipinski definition) is 0. The molecule has 0 saturated carbocycles. The van der Waals surface area contributed by atoms with Crippen molar-refractivity contribution in [2.75, 3.05) is 0 Å². The molecule has 0 radical (unpaired) electrons. The second kappa shape index (κ2) is 2.89. The van der Waals surface area contributed by atoms with Gasteiger partial charge in [0.2, 0.25) is 0 Å². The Kier molecular flexibility index (Phi) is 2.30. The molecule has 0 aromatic rings. The average Bonchev–Trinajstić information content (AvgIpc) is 1.95. The number of rotatable bonds is 0. The van der Waals surface area contributed by atoms with Crippen LogP contribution in [0.2, 0.25) is 0 Å². The highest BCUT2D eigenvalue weighted by atomic mass is 19.4. The van der Waals surface area contributed by atoms with Crippen molar-refractivity contribution >= 4 is 0 Å². The van der Waals surface area contributed by atoms with E-state index in [1.165, 1.54) is 13.0 Å². The molecule has 0 bridgehead atoms. The summed E-state index contributed by atoms with van der Waals surface area (Å²) in [7, 11) is 0. The Bertz CT molecular complexity index is 270. The van der Waals surface area contributed by atoms with E-state index in [1.54, 1.807) is 13.0 Å². The quantitative estimate of drug-likeness (QED) is 0.544. The van der Waals surface area contributed by atoms with Gasteiger partial charge in [0.05, 0.1) is 5.41 Å². The van der Waals surface area contributed by atoms with Crippen molar-refractivity contribution in [3.05, 3.63) is 23.3 Å². The van der Waals surface area contributed by atoms with E-state index in [2.05, 4.69) is 0 Å². The summed E-state index contributed by atoms with van der Waals surface area (Å²) < 4.78 is 37.7. The number of halogens is 3. The standard InChI is InChI=1S/C10H13F3/c1-7-4-5-9(3,6-8(7)2)10(11,12)13/h4,6H,5H2,1-3H3. The van der Waals surface area contributed by atoms with Gasteiger partial charge in [0.25, 0.3) is 0 Å². The molecule has 0 fully saturated rings. The van der Waals surface area contributed by atoms with E-state index in [0.29, 0.717) is 0 Å². The Labute approximate surface area is 76.1 Å². The number of allylic oxidation sites excluding steroid dienone is 4. The summed E-state index contributed by atoms with van der Waals surface area (Å²) in [6.07, 6.45) is -1.11. The van der Waals surface area contributed by atoms with E-state index in [0.717, 1.165) is 11.1 Å². The minimum absolute atomic E-state index is 0.0552. The molecule has 1 atom stereocenters. The molecule has 0 aromatic heterocycles. The summed E-state index contributed by atoms with van der Waals surface area (Å²) >= 11 is 0. The van der Waals surface area contributed by atoms with Gasteiger partial charge in [-0.3, -0.25) is 0 Å². The lowest BCUT2D eigenvalue weighted by atomic mass is 9.79. The van der Waals surface area contributed by atoms with Crippen molar-refractivity contribution in [1.82, 2.24) is 0 Å². The highest BCUT2D eigenvalue weighted by Gasteiger charge is 2.49. The molecule has 1 aliphatic rings. The van der Waals surface area contributed by atoms with Gasteiger partial charge in [-0.25, -0.2) is 0 Å².